The van der Waals surface area contributed by atoms with Crippen molar-refractivity contribution >= 4 is 76.6 Å². The summed E-state index contributed by atoms with van der Waals surface area (Å²) in [5.41, 5.74) is 9.42. The zero-order valence-electron chi connectivity index (χ0n) is 26.2. The Hall–Kier alpha value is -5.94. The number of aromatic nitrogens is 3. The zero-order chi connectivity index (χ0) is 31.4. The fourth-order valence-electron chi connectivity index (χ4n) is 7.38. The summed E-state index contributed by atoms with van der Waals surface area (Å²) < 4.78 is 15.3. The van der Waals surface area contributed by atoms with Crippen molar-refractivity contribution in [2.45, 2.75) is 26.2 Å². The van der Waals surface area contributed by atoms with E-state index < -0.39 is 0 Å². The molecule has 47 heavy (non-hydrogen) atoms. The Labute approximate surface area is 269 Å². The summed E-state index contributed by atoms with van der Waals surface area (Å²) in [5.74, 6) is 0.649. The molecule has 0 aliphatic carbocycles. The van der Waals surface area contributed by atoms with Crippen molar-refractivity contribution in [3.05, 3.63) is 127 Å². The maximum atomic E-state index is 6.65. The monoisotopic (exact) mass is 607 g/mol. The molecule has 0 fully saturated rings. The van der Waals surface area contributed by atoms with Gasteiger partial charge in [-0.1, -0.05) is 99.6 Å². The Morgan fingerprint density at radius 1 is 0.532 bits per heavy atom. The summed E-state index contributed by atoms with van der Waals surface area (Å²) in [6, 6.07) is 42.2. The summed E-state index contributed by atoms with van der Waals surface area (Å²) >= 11 is 0. The molecule has 10 rings (SSSR count). The molecular weight excluding hydrogens is 578 g/mol. The van der Waals surface area contributed by atoms with Crippen LogP contribution >= 0.6 is 0 Å². The number of para-hydroxylation sites is 4. The van der Waals surface area contributed by atoms with Gasteiger partial charge in [0.1, 0.15) is 22.3 Å². The molecule has 6 aromatic carbocycles. The molecule has 0 N–H and O–H groups in total. The molecule has 5 nitrogen and oxygen atoms in total. The average molecular weight is 608 g/mol. The lowest BCUT2D eigenvalue weighted by molar-refractivity contribution is 0.572. The Kier molecular flexibility index (Phi) is 5.20. The lowest BCUT2D eigenvalue weighted by Gasteiger charge is -2.21. The topological polar surface area (TPSA) is 57.0 Å². The molecule has 4 aromatic heterocycles. The third kappa shape index (κ3) is 3.71. The number of rotatable bonds is 2. The summed E-state index contributed by atoms with van der Waals surface area (Å²) in [4.78, 5) is 10.5. The maximum Gasteiger partial charge on any atom is 0.235 e. The van der Waals surface area contributed by atoms with Crippen molar-refractivity contribution in [1.82, 2.24) is 14.5 Å². The predicted molar refractivity (Wildman–Crippen MR) is 193 cm³/mol. The Morgan fingerprint density at radius 2 is 1.17 bits per heavy atom. The van der Waals surface area contributed by atoms with Crippen LogP contribution in [0.4, 0.5) is 0 Å². The van der Waals surface area contributed by atoms with Crippen LogP contribution in [0.3, 0.4) is 0 Å². The molecule has 5 heteroatoms. The highest BCUT2D eigenvalue weighted by Crippen LogP contribution is 2.43. The quantitative estimate of drug-likeness (QED) is 0.196. The van der Waals surface area contributed by atoms with Gasteiger partial charge in [-0.15, -0.1) is 0 Å². The van der Waals surface area contributed by atoms with E-state index in [-0.39, 0.29) is 5.41 Å². The van der Waals surface area contributed by atoms with Gasteiger partial charge in [-0.05, 0) is 48.0 Å². The second-order valence-corrected chi connectivity index (χ2v) is 13.4. The van der Waals surface area contributed by atoms with Crippen LogP contribution < -0.4 is 0 Å². The van der Waals surface area contributed by atoms with Crippen molar-refractivity contribution in [3.8, 4) is 17.1 Å². The van der Waals surface area contributed by atoms with Gasteiger partial charge in [-0.3, -0.25) is 4.57 Å². The summed E-state index contributed by atoms with van der Waals surface area (Å²) in [7, 11) is 0. The fourth-order valence-corrected chi connectivity index (χ4v) is 7.38. The van der Waals surface area contributed by atoms with E-state index in [1.54, 1.807) is 0 Å². The molecule has 4 heterocycles. The highest BCUT2D eigenvalue weighted by atomic mass is 16.3. The Balaban J connectivity index is 1.33. The van der Waals surface area contributed by atoms with Crippen molar-refractivity contribution in [1.29, 1.82) is 0 Å². The maximum absolute atomic E-state index is 6.65. The van der Waals surface area contributed by atoms with Crippen LogP contribution in [-0.2, 0) is 5.41 Å². The lowest BCUT2D eigenvalue weighted by atomic mass is 9.89. The molecule has 0 saturated carbocycles. The number of furan rings is 2. The van der Waals surface area contributed by atoms with E-state index in [2.05, 4.69) is 116 Å². The van der Waals surface area contributed by atoms with E-state index >= 15 is 0 Å². The molecule has 0 unspecified atom stereocenters. The van der Waals surface area contributed by atoms with Crippen LogP contribution in [0.25, 0.3) is 93.7 Å². The summed E-state index contributed by atoms with van der Waals surface area (Å²) in [5, 5.41) is 7.61. The van der Waals surface area contributed by atoms with E-state index in [0.29, 0.717) is 5.95 Å². The first kappa shape index (κ1) is 26.3. The standard InChI is InChI=1S/C42H29N3O2/c1-42(2,3)40-30-13-4-7-16-32(30)43-41(44-40)45-33-21-19-24(25-14-10-15-28-26-11-5-8-17-35(26)46-38(25)28)23-31(33)37-34(45)22-20-29-27-12-6-9-18-36(27)47-39(29)37/h4-23H,1-3H3. The minimum absolute atomic E-state index is 0.180. The number of hydrogen-bond donors (Lipinski definition) is 0. The number of fused-ring (bicyclic) bond motifs is 11. The van der Waals surface area contributed by atoms with Gasteiger partial charge >= 0.3 is 0 Å². The van der Waals surface area contributed by atoms with Gasteiger partial charge in [0.2, 0.25) is 5.95 Å². The third-order valence-electron chi connectivity index (χ3n) is 9.49. The molecule has 0 saturated heterocycles. The van der Waals surface area contributed by atoms with Gasteiger partial charge in [-0.2, -0.15) is 0 Å². The second kappa shape index (κ2) is 9.30. The van der Waals surface area contributed by atoms with Gasteiger partial charge in [0.05, 0.1) is 27.6 Å². The fraction of sp³-hybridized carbons (Fsp3) is 0.0952. The molecule has 224 valence electrons. The minimum atomic E-state index is -0.180. The molecule has 0 aliphatic heterocycles. The molecule has 0 aliphatic rings. The normalized spacial score (nSPS) is 12.6. The van der Waals surface area contributed by atoms with Crippen LogP contribution in [0, 0.1) is 0 Å². The largest absolute Gasteiger partial charge is 0.455 e. The third-order valence-corrected chi connectivity index (χ3v) is 9.49. The highest BCUT2D eigenvalue weighted by Gasteiger charge is 2.25. The lowest BCUT2D eigenvalue weighted by Crippen LogP contribution is -2.17. The predicted octanol–water partition coefficient (Wildman–Crippen LogP) is 11.5. The van der Waals surface area contributed by atoms with Crippen LogP contribution in [0.15, 0.2) is 130 Å². The Bertz CT molecular complexity index is 2900. The summed E-state index contributed by atoms with van der Waals surface area (Å²) in [6.45, 7) is 6.63. The smallest absolute Gasteiger partial charge is 0.235 e. The van der Waals surface area contributed by atoms with E-state index in [9.17, 15) is 0 Å². The SMILES string of the molecule is CC(C)(C)c1nc(-n2c3ccc(-c4cccc5c4oc4ccccc45)cc3c3c4oc5ccccc5c4ccc32)nc2ccccc12. The first-order chi connectivity index (χ1) is 22.9. The number of hydrogen-bond acceptors (Lipinski definition) is 4. The van der Waals surface area contributed by atoms with E-state index in [1.807, 2.05) is 30.3 Å². The summed E-state index contributed by atoms with van der Waals surface area (Å²) in [6.07, 6.45) is 0. The molecule has 0 atom stereocenters. The van der Waals surface area contributed by atoms with E-state index in [1.165, 1.54) is 0 Å². The van der Waals surface area contributed by atoms with Gasteiger partial charge in [0.25, 0.3) is 0 Å². The molecule has 0 radical (unpaired) electrons. The second-order valence-electron chi connectivity index (χ2n) is 13.4. The number of nitrogens with zero attached hydrogens (tertiary/aromatic N) is 3. The van der Waals surface area contributed by atoms with Crippen LogP contribution in [0.2, 0.25) is 0 Å². The van der Waals surface area contributed by atoms with Crippen molar-refractivity contribution < 1.29 is 8.83 Å². The van der Waals surface area contributed by atoms with E-state index in [4.69, 9.17) is 18.8 Å². The van der Waals surface area contributed by atoms with Gasteiger partial charge < -0.3 is 8.83 Å². The average Bonchev–Trinajstić information content (AvgIpc) is 3.76. The van der Waals surface area contributed by atoms with Crippen LogP contribution in [0.1, 0.15) is 26.5 Å². The van der Waals surface area contributed by atoms with Gasteiger partial charge in [0, 0.05) is 43.3 Å². The van der Waals surface area contributed by atoms with E-state index in [0.717, 1.165) is 93.4 Å². The first-order valence-corrected chi connectivity index (χ1v) is 16.0. The molecular formula is C42H29N3O2. The minimum Gasteiger partial charge on any atom is -0.455 e. The van der Waals surface area contributed by atoms with Crippen molar-refractivity contribution in [2.75, 3.05) is 0 Å². The highest BCUT2D eigenvalue weighted by molar-refractivity contribution is 6.24. The molecule has 0 amide bonds. The van der Waals surface area contributed by atoms with Gasteiger partial charge in [-0.25, -0.2) is 9.97 Å². The number of benzene rings is 6. The van der Waals surface area contributed by atoms with Crippen LogP contribution in [0.5, 0.6) is 0 Å². The van der Waals surface area contributed by atoms with Crippen LogP contribution in [-0.4, -0.2) is 14.5 Å². The van der Waals surface area contributed by atoms with Gasteiger partial charge in [0.15, 0.2) is 0 Å². The zero-order valence-corrected chi connectivity index (χ0v) is 26.2. The van der Waals surface area contributed by atoms with Crippen molar-refractivity contribution in [2.24, 2.45) is 0 Å². The Morgan fingerprint density at radius 3 is 1.94 bits per heavy atom. The molecule has 0 spiro atoms. The molecule has 10 aromatic rings. The van der Waals surface area contributed by atoms with Crippen molar-refractivity contribution in [3.63, 3.8) is 0 Å². The first-order valence-electron chi connectivity index (χ1n) is 16.0. The molecule has 0 bridgehead atoms.